The molecule has 0 saturated heterocycles. The number of ether oxygens (including phenoxy) is 3. The topological polar surface area (TPSA) is 77.2 Å². The Balaban J connectivity index is 1.42. The molecule has 0 spiro atoms. The zero-order chi connectivity index (χ0) is 22.9. The molecule has 0 saturated carbocycles. The first-order chi connectivity index (χ1) is 16.3. The molecule has 174 valence electrons. The summed E-state index contributed by atoms with van der Waals surface area (Å²) in [5, 5.41) is 7.09. The molecule has 0 aliphatic carbocycles. The van der Waals surface area contributed by atoms with Gasteiger partial charge in [0.05, 0.1) is 33.1 Å². The van der Waals surface area contributed by atoms with Gasteiger partial charge in [0.15, 0.2) is 17.5 Å². The molecule has 7 heteroatoms. The smallest absolute Gasteiger partial charge is 0.191 e. The van der Waals surface area contributed by atoms with Crippen molar-refractivity contribution < 1.29 is 18.6 Å². The van der Waals surface area contributed by atoms with Crippen molar-refractivity contribution in [2.24, 2.45) is 4.99 Å². The molecule has 33 heavy (non-hydrogen) atoms. The molecular weight excluding hydrogens is 418 g/mol. The Bertz CT molecular complexity index is 1050. The van der Waals surface area contributed by atoms with Crippen LogP contribution < -0.4 is 24.8 Å². The van der Waals surface area contributed by atoms with Crippen LogP contribution in [0.15, 0.2) is 70.3 Å². The Hall–Kier alpha value is -3.61. The van der Waals surface area contributed by atoms with Crippen molar-refractivity contribution in [1.82, 2.24) is 10.6 Å². The van der Waals surface area contributed by atoms with Crippen LogP contribution in [0.5, 0.6) is 17.2 Å². The second-order valence-corrected chi connectivity index (χ2v) is 7.80. The predicted molar refractivity (Wildman–Crippen MR) is 128 cm³/mol. The quantitative estimate of drug-likeness (QED) is 0.378. The Morgan fingerprint density at radius 1 is 1.03 bits per heavy atom. The molecule has 1 atom stereocenters. The number of hydrogen-bond acceptors (Lipinski definition) is 5. The molecule has 2 aromatic carbocycles. The lowest BCUT2D eigenvalue weighted by Crippen LogP contribution is -2.42. The summed E-state index contributed by atoms with van der Waals surface area (Å²) in [7, 11) is 3.30. The van der Waals surface area contributed by atoms with E-state index in [9.17, 15) is 0 Å². The van der Waals surface area contributed by atoms with Crippen molar-refractivity contribution in [3.8, 4) is 17.2 Å². The number of benzene rings is 2. The van der Waals surface area contributed by atoms with Crippen LogP contribution in [0.2, 0.25) is 0 Å². The number of hydrogen-bond donors (Lipinski definition) is 2. The van der Waals surface area contributed by atoms with E-state index in [-0.39, 0.29) is 6.04 Å². The van der Waals surface area contributed by atoms with Crippen LogP contribution in [0.4, 0.5) is 0 Å². The van der Waals surface area contributed by atoms with Gasteiger partial charge in [-0.25, -0.2) is 0 Å². The molecule has 0 bridgehead atoms. The largest absolute Gasteiger partial charge is 0.493 e. The fraction of sp³-hybridized carbons (Fsp3) is 0.346. The Morgan fingerprint density at radius 3 is 2.73 bits per heavy atom. The zero-order valence-corrected chi connectivity index (χ0v) is 19.2. The zero-order valence-electron chi connectivity index (χ0n) is 19.2. The van der Waals surface area contributed by atoms with Crippen LogP contribution in [-0.4, -0.2) is 39.9 Å². The standard InChI is InChI=1S/C26H31N3O4/c1-30-24-10-9-19(18-25(24)31-2)11-14-27-26(28-15-12-20-6-5-16-32-20)29-22-13-17-33-23-8-4-3-7-21(22)23/h3-10,16,18,22H,11-15,17H2,1-2H3,(H2,27,28,29). The van der Waals surface area contributed by atoms with E-state index >= 15 is 0 Å². The van der Waals surface area contributed by atoms with Gasteiger partial charge >= 0.3 is 0 Å². The predicted octanol–water partition coefficient (Wildman–Crippen LogP) is 4.14. The minimum atomic E-state index is 0.144. The Labute approximate surface area is 194 Å². The monoisotopic (exact) mass is 449 g/mol. The average Bonchev–Trinajstić information content (AvgIpc) is 3.37. The lowest BCUT2D eigenvalue weighted by atomic mass is 10.0. The maximum atomic E-state index is 5.81. The van der Waals surface area contributed by atoms with E-state index in [2.05, 4.69) is 22.8 Å². The second-order valence-electron chi connectivity index (χ2n) is 7.80. The summed E-state index contributed by atoms with van der Waals surface area (Å²) < 4.78 is 22.0. The van der Waals surface area contributed by atoms with Crippen LogP contribution in [0, 0.1) is 0 Å². The lowest BCUT2D eigenvalue weighted by molar-refractivity contribution is 0.261. The van der Waals surface area contributed by atoms with Crippen molar-refractivity contribution in [2.75, 3.05) is 33.9 Å². The number of aliphatic imine (C=N–C) groups is 1. The van der Waals surface area contributed by atoms with E-state index in [0.29, 0.717) is 13.2 Å². The van der Waals surface area contributed by atoms with Crippen molar-refractivity contribution in [3.63, 3.8) is 0 Å². The third-order valence-corrected chi connectivity index (χ3v) is 5.63. The summed E-state index contributed by atoms with van der Waals surface area (Å²) in [6.45, 7) is 2.04. The highest BCUT2D eigenvalue weighted by atomic mass is 16.5. The van der Waals surface area contributed by atoms with Crippen LogP contribution in [0.25, 0.3) is 0 Å². The van der Waals surface area contributed by atoms with Gasteiger partial charge in [0.2, 0.25) is 0 Å². The first-order valence-electron chi connectivity index (χ1n) is 11.3. The maximum absolute atomic E-state index is 5.81. The molecule has 4 rings (SSSR count). The Morgan fingerprint density at radius 2 is 1.91 bits per heavy atom. The number of furan rings is 1. The third kappa shape index (κ3) is 6.00. The van der Waals surface area contributed by atoms with Gasteiger partial charge < -0.3 is 29.3 Å². The molecule has 0 radical (unpaired) electrons. The number of para-hydroxylation sites is 1. The third-order valence-electron chi connectivity index (χ3n) is 5.63. The minimum absolute atomic E-state index is 0.144. The number of fused-ring (bicyclic) bond motifs is 1. The van der Waals surface area contributed by atoms with Gasteiger partial charge in [0, 0.05) is 31.5 Å². The van der Waals surface area contributed by atoms with Crippen LogP contribution in [0.1, 0.15) is 29.3 Å². The molecular formula is C26H31N3O4. The summed E-state index contributed by atoms with van der Waals surface area (Å²) in [5.41, 5.74) is 2.32. The highest BCUT2D eigenvalue weighted by Gasteiger charge is 2.22. The van der Waals surface area contributed by atoms with Crippen molar-refractivity contribution >= 4 is 5.96 Å². The summed E-state index contributed by atoms with van der Waals surface area (Å²) in [5.74, 6) is 4.11. The highest BCUT2D eigenvalue weighted by molar-refractivity contribution is 5.80. The van der Waals surface area contributed by atoms with Crippen molar-refractivity contribution in [2.45, 2.75) is 25.3 Å². The molecule has 1 aliphatic rings. The minimum Gasteiger partial charge on any atom is -0.493 e. The molecule has 3 aromatic rings. The van der Waals surface area contributed by atoms with E-state index in [1.165, 1.54) is 0 Å². The summed E-state index contributed by atoms with van der Waals surface area (Å²) in [6, 6.07) is 18.2. The maximum Gasteiger partial charge on any atom is 0.191 e. The Kier molecular flexibility index (Phi) is 7.74. The van der Waals surface area contributed by atoms with Crippen molar-refractivity contribution in [1.29, 1.82) is 0 Å². The molecule has 0 amide bonds. The molecule has 1 aliphatic heterocycles. The lowest BCUT2D eigenvalue weighted by Gasteiger charge is -2.28. The van der Waals surface area contributed by atoms with Crippen LogP contribution in [0.3, 0.4) is 0 Å². The van der Waals surface area contributed by atoms with Gasteiger partial charge in [-0.15, -0.1) is 0 Å². The van der Waals surface area contributed by atoms with E-state index in [1.54, 1.807) is 20.5 Å². The van der Waals surface area contributed by atoms with E-state index < -0.39 is 0 Å². The van der Waals surface area contributed by atoms with Gasteiger partial charge in [-0.1, -0.05) is 24.3 Å². The first kappa shape index (κ1) is 22.6. The van der Waals surface area contributed by atoms with E-state index in [0.717, 1.165) is 65.9 Å². The molecule has 2 heterocycles. The summed E-state index contributed by atoms with van der Waals surface area (Å²) in [4.78, 5) is 4.81. The van der Waals surface area contributed by atoms with Crippen LogP contribution >= 0.6 is 0 Å². The van der Waals surface area contributed by atoms with Crippen molar-refractivity contribution in [3.05, 3.63) is 77.7 Å². The van der Waals surface area contributed by atoms with E-state index in [4.69, 9.17) is 23.6 Å². The van der Waals surface area contributed by atoms with Gasteiger partial charge in [-0.3, -0.25) is 4.99 Å². The molecule has 1 aromatic heterocycles. The number of methoxy groups -OCH3 is 2. The molecule has 0 fully saturated rings. The normalized spacial score (nSPS) is 15.3. The van der Waals surface area contributed by atoms with Crippen LogP contribution in [-0.2, 0) is 12.8 Å². The van der Waals surface area contributed by atoms with Gasteiger partial charge in [0.1, 0.15) is 11.5 Å². The number of rotatable bonds is 9. The SMILES string of the molecule is COc1ccc(CCNC(=NCCc2ccco2)NC2CCOc3ccccc32)cc1OC. The second kappa shape index (κ2) is 11.3. The van der Waals surface area contributed by atoms with Gasteiger partial charge in [-0.2, -0.15) is 0 Å². The fourth-order valence-electron chi connectivity index (χ4n) is 3.90. The fourth-order valence-corrected chi connectivity index (χ4v) is 3.90. The first-order valence-corrected chi connectivity index (χ1v) is 11.3. The molecule has 2 N–H and O–H groups in total. The highest BCUT2D eigenvalue weighted by Crippen LogP contribution is 2.31. The van der Waals surface area contributed by atoms with Gasteiger partial charge in [0.25, 0.3) is 0 Å². The summed E-state index contributed by atoms with van der Waals surface area (Å²) >= 11 is 0. The summed E-state index contributed by atoms with van der Waals surface area (Å²) in [6.07, 6.45) is 4.15. The number of nitrogens with zero attached hydrogens (tertiary/aromatic N) is 1. The number of guanidine groups is 1. The molecule has 1 unspecified atom stereocenters. The number of nitrogens with one attached hydrogen (secondary N) is 2. The molecule has 7 nitrogen and oxygen atoms in total. The van der Waals surface area contributed by atoms with E-state index in [1.807, 2.05) is 42.5 Å². The van der Waals surface area contributed by atoms with Gasteiger partial charge in [-0.05, 0) is 42.3 Å². The average molecular weight is 450 g/mol.